The minimum atomic E-state index is -5.32. The lowest BCUT2D eigenvalue weighted by molar-refractivity contribution is 0.471. The molecule has 2 aromatic heterocycles. The molecule has 0 radical (unpaired) electrons. The number of hydrogen-bond donors (Lipinski definition) is 12. The van der Waals surface area contributed by atoms with Crippen molar-refractivity contribution in [1.82, 2.24) is 29.9 Å². The lowest BCUT2D eigenvalue weighted by Gasteiger charge is -2.16. The average Bonchev–Trinajstić information content (AvgIpc) is 0.950. The summed E-state index contributed by atoms with van der Waals surface area (Å²) in [6.45, 7) is 1.37. The summed E-state index contributed by atoms with van der Waals surface area (Å²) < 4.78 is 236. The van der Waals surface area contributed by atoms with E-state index in [-0.39, 0.29) is 56.7 Å². The molecule has 2 heterocycles. The van der Waals surface area contributed by atoms with Crippen molar-refractivity contribution < 1.29 is 96.8 Å². The summed E-state index contributed by atoms with van der Waals surface area (Å²) in [4.78, 5) is 16.6. The Balaban J connectivity index is 0.904. The van der Waals surface area contributed by atoms with Crippen LogP contribution in [0.15, 0.2) is 147 Å². The number of rotatable bonds is 19. The average molecular weight is 1320 g/mol. The van der Waals surface area contributed by atoms with Crippen molar-refractivity contribution in [2.45, 2.75) is 42.3 Å². The van der Waals surface area contributed by atoms with Crippen molar-refractivity contribution >= 4 is 151 Å². The van der Waals surface area contributed by atoms with Crippen LogP contribution in [0, 0.1) is 12.2 Å². The van der Waals surface area contributed by atoms with E-state index in [1.165, 1.54) is 43.3 Å². The standard InChI is InChI=1S/C45H34F2N14O20S6/c1-19(49-43-53-41(47)55-45(57-43)51-23-6-9-26-21(14-23)16-34(86(76,77)78)36(38(26)63)61-59-30-17-24(82(64,65)66)7-12-32(30)84(70,71)72)18-48-42-52-40(46)54-44(56-42)50-22-5-8-25-20(13-22)15-33(85(73,74)75)35(37(25)62)60-58-29-11-10-27-28(39(29)87(79,80)81)3-2-4-31(27)83(67,68)69/h2-17,19,62-63H,18H2,1H3,(H,64,65,66)(H,67,68,69)(H,70,71,72)(H,73,74,75)(H,76,77,78)(H,79,80,81)(H2,48,50,52,54,56)(H2,49,51,53,55,57). The highest BCUT2D eigenvalue weighted by Crippen LogP contribution is 2.45. The molecule has 87 heavy (non-hydrogen) atoms. The first-order valence-electron chi connectivity index (χ1n) is 23.3. The zero-order chi connectivity index (χ0) is 63.5. The molecule has 12 N–H and O–H groups in total. The maximum absolute atomic E-state index is 14.8. The van der Waals surface area contributed by atoms with Crippen LogP contribution in [0.1, 0.15) is 6.92 Å². The summed E-state index contributed by atoms with van der Waals surface area (Å²) in [7, 11) is -30.9. The molecule has 1 atom stereocenters. The molecule has 7 aromatic carbocycles. The van der Waals surface area contributed by atoms with Crippen molar-refractivity contribution in [1.29, 1.82) is 0 Å². The zero-order valence-electron chi connectivity index (χ0n) is 42.7. The van der Waals surface area contributed by atoms with E-state index < -0.39 is 160 Å². The number of phenols is 2. The molecule has 0 aliphatic rings. The van der Waals surface area contributed by atoms with E-state index in [4.69, 9.17) is 0 Å². The molecule has 454 valence electrons. The smallest absolute Gasteiger partial charge is 0.315 e. The fourth-order valence-electron chi connectivity index (χ4n) is 8.20. The van der Waals surface area contributed by atoms with Crippen molar-refractivity contribution in [3.63, 3.8) is 0 Å². The molecule has 1 unspecified atom stereocenters. The second kappa shape index (κ2) is 22.8. The largest absolute Gasteiger partial charge is 0.505 e. The monoisotopic (exact) mass is 1320 g/mol. The number of hydrogen-bond acceptors (Lipinski definition) is 28. The fraction of sp³-hybridized carbons (Fsp3) is 0.0667. The maximum atomic E-state index is 14.8. The lowest BCUT2D eigenvalue weighted by atomic mass is 10.1. The first kappa shape index (κ1) is 62.2. The van der Waals surface area contributed by atoms with Crippen LogP contribution in [0.2, 0.25) is 0 Å². The number of anilines is 6. The molecule has 0 spiro atoms. The van der Waals surface area contributed by atoms with Gasteiger partial charge < -0.3 is 31.5 Å². The molecule has 0 fully saturated rings. The number of aromatic hydroxyl groups is 2. The van der Waals surface area contributed by atoms with Gasteiger partial charge >= 0.3 is 12.2 Å². The predicted octanol–water partition coefficient (Wildman–Crippen LogP) is 6.92. The second-order valence-electron chi connectivity index (χ2n) is 17.8. The van der Waals surface area contributed by atoms with Crippen LogP contribution in [0.3, 0.4) is 0 Å². The van der Waals surface area contributed by atoms with Gasteiger partial charge in [-0.2, -0.15) is 89.2 Å². The number of nitrogens with zero attached hydrogens (tertiary/aromatic N) is 10. The number of benzene rings is 7. The number of aromatic nitrogens is 6. The van der Waals surface area contributed by atoms with Crippen molar-refractivity contribution in [2.75, 3.05) is 27.8 Å². The topological polar surface area (TPSA) is 542 Å². The fourth-order valence-corrected chi connectivity index (χ4v) is 12.2. The van der Waals surface area contributed by atoms with Crippen LogP contribution in [0.25, 0.3) is 32.3 Å². The van der Waals surface area contributed by atoms with Gasteiger partial charge in [-0.15, -0.1) is 20.5 Å². The SMILES string of the molecule is CC(CNc1nc(F)nc(Nc2ccc3c(O)c(N=Nc4ccc5c(S(=O)(=O)O)cccc5c4S(=O)(=O)O)c(S(=O)(=O)O)cc3c2)n1)Nc1nc(F)nc(Nc2ccc3c(O)c(N=Nc4cc(S(=O)(=O)O)ccc4S(=O)(=O)O)c(S(=O)(=O)O)cc3c2)n1. The van der Waals surface area contributed by atoms with Crippen molar-refractivity contribution in [3.05, 3.63) is 109 Å². The number of azo groups is 2. The molecule has 0 saturated carbocycles. The van der Waals surface area contributed by atoms with E-state index in [0.29, 0.717) is 18.2 Å². The summed E-state index contributed by atoms with van der Waals surface area (Å²) in [6, 6.07) is 14.6. The number of fused-ring (bicyclic) bond motifs is 3. The quantitative estimate of drug-likeness (QED) is 0.0289. The van der Waals surface area contributed by atoms with Crippen LogP contribution in [0.4, 0.5) is 66.7 Å². The molecule has 34 nitrogen and oxygen atoms in total. The Bertz CT molecular complexity index is 5190. The number of halogens is 2. The number of nitrogens with one attached hydrogen (secondary N) is 4. The summed E-state index contributed by atoms with van der Waals surface area (Å²) in [6.07, 6.45) is -2.65. The van der Waals surface area contributed by atoms with Crippen molar-refractivity contribution in [2.24, 2.45) is 20.5 Å². The minimum absolute atomic E-state index is 0.00627. The Morgan fingerprint density at radius 1 is 0.448 bits per heavy atom. The van der Waals surface area contributed by atoms with Gasteiger partial charge in [-0.25, -0.2) is 0 Å². The first-order valence-corrected chi connectivity index (χ1v) is 31.9. The highest BCUT2D eigenvalue weighted by atomic mass is 32.2. The highest BCUT2D eigenvalue weighted by molar-refractivity contribution is 7.87. The third-order valence-corrected chi connectivity index (χ3v) is 17.2. The van der Waals surface area contributed by atoms with Gasteiger partial charge in [-0.3, -0.25) is 27.3 Å². The van der Waals surface area contributed by atoms with Gasteiger partial charge in [0.15, 0.2) is 11.5 Å². The first-order chi connectivity index (χ1) is 40.4. The molecule has 0 amide bonds. The minimum Gasteiger partial charge on any atom is -0.505 e. The summed E-state index contributed by atoms with van der Waals surface area (Å²) in [5.41, 5.74) is -3.55. The second-order valence-corrected chi connectivity index (χ2v) is 26.2. The van der Waals surface area contributed by atoms with Crippen molar-refractivity contribution in [3.8, 4) is 11.5 Å². The van der Waals surface area contributed by atoms with Crippen LogP contribution < -0.4 is 21.3 Å². The Hall–Kier alpha value is -9.34. The van der Waals surface area contributed by atoms with Crippen LogP contribution in [0.5, 0.6) is 11.5 Å². The van der Waals surface area contributed by atoms with E-state index in [0.717, 1.165) is 42.5 Å². The Labute approximate surface area is 486 Å². The molecule has 42 heteroatoms. The van der Waals surface area contributed by atoms with Gasteiger partial charge in [-0.1, -0.05) is 18.2 Å². The maximum Gasteiger partial charge on any atom is 0.315 e. The lowest BCUT2D eigenvalue weighted by Crippen LogP contribution is -2.27. The normalized spacial score (nSPS) is 13.2. The van der Waals surface area contributed by atoms with Gasteiger partial charge in [0.05, 0.1) is 4.90 Å². The van der Waals surface area contributed by atoms with E-state index >= 15 is 0 Å². The van der Waals surface area contributed by atoms with Gasteiger partial charge in [0.1, 0.15) is 47.2 Å². The van der Waals surface area contributed by atoms with Gasteiger partial charge in [0.2, 0.25) is 23.8 Å². The molecule has 0 bridgehead atoms. The van der Waals surface area contributed by atoms with E-state index in [2.05, 4.69) is 71.6 Å². The van der Waals surface area contributed by atoms with Crippen LogP contribution in [-0.4, -0.2) is 131 Å². The van der Waals surface area contributed by atoms with E-state index in [1.54, 1.807) is 0 Å². The van der Waals surface area contributed by atoms with Crippen LogP contribution >= 0.6 is 0 Å². The molecule has 0 saturated heterocycles. The third kappa shape index (κ3) is 13.8. The molecule has 0 aliphatic heterocycles. The summed E-state index contributed by atoms with van der Waals surface area (Å²) >= 11 is 0. The van der Waals surface area contributed by atoms with Gasteiger partial charge in [0.25, 0.3) is 60.7 Å². The summed E-state index contributed by atoms with van der Waals surface area (Å²) in [5, 5.41) is 46.2. The Morgan fingerprint density at radius 3 is 1.41 bits per heavy atom. The molecule has 0 aliphatic carbocycles. The number of phenolic OH excluding ortho intramolecular Hbond substituents is 2. The Kier molecular flexibility index (Phi) is 16.3. The molecular formula is C45H34F2N14O20S6. The molecular weight excluding hydrogens is 1290 g/mol. The van der Waals surface area contributed by atoms with E-state index in [1.807, 2.05) is 0 Å². The summed E-state index contributed by atoms with van der Waals surface area (Å²) in [5.74, 6) is -3.57. The van der Waals surface area contributed by atoms with Gasteiger partial charge in [0, 0.05) is 45.5 Å². The van der Waals surface area contributed by atoms with E-state index in [9.17, 15) is 96.8 Å². The molecule has 9 aromatic rings. The predicted molar refractivity (Wildman–Crippen MR) is 297 cm³/mol. The third-order valence-electron chi connectivity index (χ3n) is 11.8. The zero-order valence-corrected chi connectivity index (χ0v) is 47.6. The highest BCUT2D eigenvalue weighted by Gasteiger charge is 2.28. The van der Waals surface area contributed by atoms with Gasteiger partial charge in [-0.05, 0) is 96.6 Å². The molecule has 9 rings (SSSR count). The van der Waals surface area contributed by atoms with Crippen LogP contribution in [-0.2, 0) is 60.7 Å². The Morgan fingerprint density at radius 2 is 0.920 bits per heavy atom.